The van der Waals surface area contributed by atoms with Crippen molar-refractivity contribution in [1.29, 1.82) is 0 Å². The minimum atomic E-state index is 0.219. The monoisotopic (exact) mass is 290 g/mol. The number of aryl methyl sites for hydroxylation is 1. The number of para-hydroxylation sites is 1. The van der Waals surface area contributed by atoms with Gasteiger partial charge in [0.15, 0.2) is 0 Å². The molecule has 1 aromatic rings. The van der Waals surface area contributed by atoms with E-state index in [1.807, 2.05) is 36.1 Å². The van der Waals surface area contributed by atoms with Gasteiger partial charge in [-0.25, -0.2) is 0 Å². The number of benzene rings is 1. The lowest BCUT2D eigenvalue weighted by Crippen LogP contribution is -2.47. The van der Waals surface area contributed by atoms with Crippen molar-refractivity contribution in [1.82, 2.24) is 4.90 Å². The average molecular weight is 290 g/mol. The fraction of sp³-hybridized carbons (Fsp3) is 0.588. The lowest BCUT2D eigenvalue weighted by molar-refractivity contribution is -0.134. The highest BCUT2D eigenvalue weighted by molar-refractivity contribution is 5.77. The summed E-state index contributed by atoms with van der Waals surface area (Å²) in [6.45, 7) is 4.04. The maximum absolute atomic E-state index is 12.4. The first-order chi connectivity index (χ1) is 10.3. The summed E-state index contributed by atoms with van der Waals surface area (Å²) in [6.07, 6.45) is 4.57. The Balaban J connectivity index is 1.94. The molecule has 1 saturated heterocycles. The van der Waals surface area contributed by atoms with Gasteiger partial charge in [-0.3, -0.25) is 4.79 Å². The van der Waals surface area contributed by atoms with Crippen molar-refractivity contribution >= 4 is 5.91 Å². The van der Waals surface area contributed by atoms with Crippen LogP contribution in [0.15, 0.2) is 24.3 Å². The van der Waals surface area contributed by atoms with Gasteiger partial charge >= 0.3 is 0 Å². The molecule has 4 nitrogen and oxygen atoms in total. The Morgan fingerprint density at radius 3 is 2.95 bits per heavy atom. The summed E-state index contributed by atoms with van der Waals surface area (Å²) < 4.78 is 5.61. The highest BCUT2D eigenvalue weighted by Gasteiger charge is 2.25. The van der Waals surface area contributed by atoms with Gasteiger partial charge in [0.2, 0.25) is 5.91 Å². The number of hydrogen-bond acceptors (Lipinski definition) is 3. The van der Waals surface area contributed by atoms with Gasteiger partial charge in [0.25, 0.3) is 0 Å². The molecule has 0 spiro atoms. The zero-order valence-electron chi connectivity index (χ0n) is 12.9. The Hall–Kier alpha value is -1.55. The molecule has 116 valence electrons. The van der Waals surface area contributed by atoms with E-state index < -0.39 is 0 Å². The lowest BCUT2D eigenvalue weighted by atomic mass is 10.0. The number of piperidine rings is 1. The van der Waals surface area contributed by atoms with Crippen molar-refractivity contribution in [3.63, 3.8) is 0 Å². The van der Waals surface area contributed by atoms with Gasteiger partial charge < -0.3 is 15.4 Å². The summed E-state index contributed by atoms with van der Waals surface area (Å²) in [7, 11) is 0. The zero-order chi connectivity index (χ0) is 15.1. The van der Waals surface area contributed by atoms with Gasteiger partial charge in [-0.05, 0) is 44.2 Å². The Bertz CT molecular complexity index is 462. The van der Waals surface area contributed by atoms with Crippen molar-refractivity contribution in [2.24, 2.45) is 5.73 Å². The third kappa shape index (κ3) is 4.21. The van der Waals surface area contributed by atoms with Crippen LogP contribution < -0.4 is 10.5 Å². The maximum Gasteiger partial charge on any atom is 0.223 e. The third-order valence-electron chi connectivity index (χ3n) is 4.10. The predicted molar refractivity (Wildman–Crippen MR) is 84.3 cm³/mol. The Morgan fingerprint density at radius 2 is 2.19 bits per heavy atom. The fourth-order valence-electron chi connectivity index (χ4n) is 2.97. The number of hydrogen-bond donors (Lipinski definition) is 1. The number of carbonyl (C=O) groups is 1. The van der Waals surface area contributed by atoms with Crippen LogP contribution in [0.25, 0.3) is 0 Å². The minimum Gasteiger partial charge on any atom is -0.494 e. The van der Waals surface area contributed by atoms with E-state index in [1.54, 1.807) is 0 Å². The molecule has 1 atom stereocenters. The van der Waals surface area contributed by atoms with E-state index in [0.717, 1.165) is 37.1 Å². The van der Waals surface area contributed by atoms with Crippen LogP contribution in [0.2, 0.25) is 0 Å². The van der Waals surface area contributed by atoms with Gasteiger partial charge in [-0.15, -0.1) is 0 Å². The molecule has 1 fully saturated rings. The van der Waals surface area contributed by atoms with Crippen molar-refractivity contribution < 1.29 is 9.53 Å². The fourth-order valence-corrected chi connectivity index (χ4v) is 2.97. The van der Waals surface area contributed by atoms with Crippen LogP contribution in [0.1, 0.15) is 38.2 Å². The number of nitrogens with zero attached hydrogens (tertiary/aromatic N) is 1. The molecular weight excluding hydrogens is 264 g/mol. The number of likely N-dealkylation sites (tertiary alicyclic amines) is 1. The number of rotatable bonds is 6. The summed E-state index contributed by atoms with van der Waals surface area (Å²) in [4.78, 5) is 14.4. The summed E-state index contributed by atoms with van der Waals surface area (Å²) in [5.41, 5.74) is 6.89. The van der Waals surface area contributed by atoms with Crippen LogP contribution in [0.5, 0.6) is 5.75 Å². The Labute approximate surface area is 127 Å². The highest BCUT2D eigenvalue weighted by atomic mass is 16.5. The Morgan fingerprint density at radius 1 is 1.38 bits per heavy atom. The van der Waals surface area contributed by atoms with E-state index in [2.05, 4.69) is 0 Å². The topological polar surface area (TPSA) is 55.6 Å². The molecular formula is C17H26N2O2. The number of amides is 1. The maximum atomic E-state index is 12.4. The normalized spacial score (nSPS) is 18.6. The van der Waals surface area contributed by atoms with E-state index in [1.165, 1.54) is 6.42 Å². The zero-order valence-corrected chi connectivity index (χ0v) is 12.9. The van der Waals surface area contributed by atoms with Crippen molar-refractivity contribution in [2.45, 2.75) is 45.1 Å². The van der Waals surface area contributed by atoms with Crippen LogP contribution in [0.4, 0.5) is 0 Å². The molecule has 0 aliphatic carbocycles. The molecule has 21 heavy (non-hydrogen) atoms. The molecule has 1 aliphatic heterocycles. The summed E-state index contributed by atoms with van der Waals surface area (Å²) in [6, 6.07) is 8.19. The molecule has 2 rings (SSSR count). The number of carbonyl (C=O) groups excluding carboxylic acids is 1. The highest BCUT2D eigenvalue weighted by Crippen LogP contribution is 2.22. The second-order valence-corrected chi connectivity index (χ2v) is 5.51. The van der Waals surface area contributed by atoms with Gasteiger partial charge in [0.05, 0.1) is 6.61 Å². The summed E-state index contributed by atoms with van der Waals surface area (Å²) >= 11 is 0. The number of ether oxygens (including phenoxy) is 1. The van der Waals surface area contributed by atoms with Crippen LogP contribution in [-0.4, -0.2) is 36.5 Å². The molecule has 0 unspecified atom stereocenters. The van der Waals surface area contributed by atoms with Crippen molar-refractivity contribution in [3.8, 4) is 5.75 Å². The van der Waals surface area contributed by atoms with E-state index in [-0.39, 0.29) is 11.9 Å². The smallest absolute Gasteiger partial charge is 0.223 e. The van der Waals surface area contributed by atoms with Crippen LogP contribution in [0, 0.1) is 0 Å². The van der Waals surface area contributed by atoms with Gasteiger partial charge in [0, 0.05) is 25.6 Å². The molecule has 0 aromatic heterocycles. The summed E-state index contributed by atoms with van der Waals surface area (Å²) in [5.74, 6) is 1.11. The van der Waals surface area contributed by atoms with Crippen LogP contribution in [0.3, 0.4) is 0 Å². The molecule has 1 aromatic carbocycles. The molecule has 4 heteroatoms. The SMILES string of the molecule is CCOc1ccccc1CCC(=O)N1CCCC[C@@H]1CN. The first kappa shape index (κ1) is 15.8. The van der Waals surface area contributed by atoms with Crippen LogP contribution in [-0.2, 0) is 11.2 Å². The van der Waals surface area contributed by atoms with Gasteiger partial charge in [0.1, 0.15) is 5.75 Å². The molecule has 0 radical (unpaired) electrons. The first-order valence-corrected chi connectivity index (χ1v) is 7.96. The van der Waals surface area contributed by atoms with E-state index >= 15 is 0 Å². The molecule has 1 heterocycles. The van der Waals surface area contributed by atoms with Crippen molar-refractivity contribution in [3.05, 3.63) is 29.8 Å². The van der Waals surface area contributed by atoms with Gasteiger partial charge in [-0.1, -0.05) is 18.2 Å². The molecule has 0 saturated carbocycles. The van der Waals surface area contributed by atoms with Crippen molar-refractivity contribution in [2.75, 3.05) is 19.7 Å². The van der Waals surface area contributed by atoms with E-state index in [4.69, 9.17) is 10.5 Å². The standard InChI is InChI=1S/C17H26N2O2/c1-2-21-16-9-4-3-7-14(16)10-11-17(20)19-12-6-5-8-15(19)13-18/h3-4,7,9,15H,2,5-6,8,10-13,18H2,1H3/t15-/m1/s1. The van der Waals surface area contributed by atoms with Gasteiger partial charge in [-0.2, -0.15) is 0 Å². The van der Waals surface area contributed by atoms with E-state index in [0.29, 0.717) is 19.6 Å². The molecule has 2 N–H and O–H groups in total. The second kappa shape index (κ2) is 8.03. The second-order valence-electron chi connectivity index (χ2n) is 5.51. The number of nitrogens with two attached hydrogens (primary N) is 1. The average Bonchev–Trinajstić information content (AvgIpc) is 2.54. The predicted octanol–water partition coefficient (Wildman–Crippen LogP) is 2.36. The van der Waals surface area contributed by atoms with E-state index in [9.17, 15) is 4.79 Å². The molecule has 1 amide bonds. The molecule has 1 aliphatic rings. The minimum absolute atomic E-state index is 0.219. The first-order valence-electron chi connectivity index (χ1n) is 7.96. The third-order valence-corrected chi connectivity index (χ3v) is 4.10. The largest absolute Gasteiger partial charge is 0.494 e. The Kier molecular flexibility index (Phi) is 6.05. The molecule has 0 bridgehead atoms. The summed E-state index contributed by atoms with van der Waals surface area (Å²) in [5, 5.41) is 0. The lowest BCUT2D eigenvalue weighted by Gasteiger charge is -2.35. The quantitative estimate of drug-likeness (QED) is 0.875. The van der Waals surface area contributed by atoms with Crippen LogP contribution >= 0.6 is 0 Å².